The maximum Gasteiger partial charge on any atom is 0.0922 e. The Morgan fingerprint density at radius 2 is 2.40 bits per heavy atom. The van der Waals surface area contributed by atoms with Crippen LogP contribution in [0.1, 0.15) is 6.92 Å². The van der Waals surface area contributed by atoms with Gasteiger partial charge < -0.3 is 4.74 Å². The SMILES string of the molecule is CSCOC/C(C)=C/CBr. The van der Waals surface area contributed by atoms with Crippen molar-refractivity contribution in [1.82, 2.24) is 0 Å². The van der Waals surface area contributed by atoms with Gasteiger partial charge in [0.2, 0.25) is 0 Å². The lowest BCUT2D eigenvalue weighted by Crippen LogP contribution is -1.94. The molecule has 0 spiro atoms. The highest BCUT2D eigenvalue weighted by molar-refractivity contribution is 9.09. The van der Waals surface area contributed by atoms with E-state index in [-0.39, 0.29) is 0 Å². The minimum absolute atomic E-state index is 0.756. The van der Waals surface area contributed by atoms with Gasteiger partial charge in [-0.1, -0.05) is 27.6 Å². The Kier molecular flexibility index (Phi) is 8.04. The van der Waals surface area contributed by atoms with E-state index in [1.807, 2.05) is 6.26 Å². The molecule has 0 amide bonds. The van der Waals surface area contributed by atoms with Crippen molar-refractivity contribution in [1.29, 1.82) is 0 Å². The molecule has 0 N–H and O–H groups in total. The fraction of sp³-hybridized carbons (Fsp3) is 0.714. The van der Waals surface area contributed by atoms with Crippen molar-refractivity contribution >= 4 is 27.7 Å². The lowest BCUT2D eigenvalue weighted by molar-refractivity contribution is 0.209. The predicted molar refractivity (Wildman–Crippen MR) is 51.9 cm³/mol. The molecule has 0 aromatic rings. The van der Waals surface area contributed by atoms with Gasteiger partial charge in [0.15, 0.2) is 0 Å². The Hall–Kier alpha value is 0.530. The first-order valence-corrected chi connectivity index (χ1v) is 5.61. The van der Waals surface area contributed by atoms with E-state index in [0.717, 1.165) is 17.9 Å². The van der Waals surface area contributed by atoms with Gasteiger partial charge in [-0.3, -0.25) is 0 Å². The van der Waals surface area contributed by atoms with Crippen LogP contribution in [0.2, 0.25) is 0 Å². The Balaban J connectivity index is 3.21. The molecule has 0 bridgehead atoms. The summed E-state index contributed by atoms with van der Waals surface area (Å²) in [6.45, 7) is 2.83. The number of hydrogen-bond donors (Lipinski definition) is 0. The van der Waals surface area contributed by atoms with Crippen LogP contribution in [-0.4, -0.2) is 24.1 Å². The normalized spacial score (nSPS) is 12.1. The highest BCUT2D eigenvalue weighted by atomic mass is 79.9. The number of rotatable bonds is 5. The molecule has 0 fully saturated rings. The second-order valence-electron chi connectivity index (χ2n) is 1.96. The van der Waals surface area contributed by atoms with Gasteiger partial charge in [0, 0.05) is 5.33 Å². The Morgan fingerprint density at radius 3 is 2.90 bits per heavy atom. The number of halogens is 1. The zero-order chi connectivity index (χ0) is 7.82. The van der Waals surface area contributed by atoms with Gasteiger partial charge in [-0.05, 0) is 13.2 Å². The Bertz CT molecular complexity index is 104. The van der Waals surface area contributed by atoms with Crippen molar-refractivity contribution in [3.05, 3.63) is 11.6 Å². The van der Waals surface area contributed by atoms with Crippen LogP contribution in [0.4, 0.5) is 0 Å². The lowest BCUT2D eigenvalue weighted by atomic mass is 10.3. The summed E-state index contributed by atoms with van der Waals surface area (Å²) in [7, 11) is 0. The van der Waals surface area contributed by atoms with Gasteiger partial charge in [0.1, 0.15) is 0 Å². The van der Waals surface area contributed by atoms with Crippen molar-refractivity contribution in [2.24, 2.45) is 0 Å². The Labute approximate surface area is 75.3 Å². The predicted octanol–water partition coefficient (Wildman–Crippen LogP) is 2.66. The second-order valence-corrected chi connectivity index (χ2v) is 3.42. The van der Waals surface area contributed by atoms with Crippen LogP contribution >= 0.6 is 27.7 Å². The van der Waals surface area contributed by atoms with Crippen LogP contribution in [0.15, 0.2) is 11.6 Å². The van der Waals surface area contributed by atoms with Crippen molar-refractivity contribution < 1.29 is 4.74 Å². The first-order chi connectivity index (χ1) is 4.81. The molecule has 0 aromatic heterocycles. The van der Waals surface area contributed by atoms with Gasteiger partial charge in [-0.25, -0.2) is 0 Å². The molecule has 0 saturated carbocycles. The summed E-state index contributed by atoms with van der Waals surface area (Å²) in [5.74, 6) is 0.785. The number of hydrogen-bond acceptors (Lipinski definition) is 2. The standard InChI is InChI=1S/C7H13BrOS/c1-7(3-4-8)5-9-6-10-2/h3H,4-6H2,1-2H3/b7-3+. The van der Waals surface area contributed by atoms with E-state index >= 15 is 0 Å². The molecule has 0 radical (unpaired) electrons. The summed E-state index contributed by atoms with van der Waals surface area (Å²) in [6, 6.07) is 0. The highest BCUT2D eigenvalue weighted by Crippen LogP contribution is 1.98. The van der Waals surface area contributed by atoms with Crippen LogP contribution in [-0.2, 0) is 4.74 Å². The van der Waals surface area contributed by atoms with Crippen molar-refractivity contribution in [2.75, 3.05) is 24.1 Å². The van der Waals surface area contributed by atoms with E-state index in [2.05, 4.69) is 28.9 Å². The minimum Gasteiger partial charge on any atom is -0.367 e. The van der Waals surface area contributed by atoms with E-state index in [0.29, 0.717) is 0 Å². The maximum absolute atomic E-state index is 5.27. The largest absolute Gasteiger partial charge is 0.367 e. The molecule has 0 saturated heterocycles. The van der Waals surface area contributed by atoms with Gasteiger partial charge in [0.25, 0.3) is 0 Å². The third kappa shape index (κ3) is 6.65. The van der Waals surface area contributed by atoms with Crippen LogP contribution < -0.4 is 0 Å². The van der Waals surface area contributed by atoms with E-state index in [1.165, 1.54) is 5.57 Å². The molecule has 0 aliphatic heterocycles. The monoisotopic (exact) mass is 224 g/mol. The summed E-state index contributed by atoms with van der Waals surface area (Å²) in [5.41, 5.74) is 1.28. The number of allylic oxidation sites excluding steroid dienone is 1. The fourth-order valence-electron chi connectivity index (χ4n) is 0.477. The van der Waals surface area contributed by atoms with Crippen molar-refractivity contribution in [3.8, 4) is 0 Å². The van der Waals surface area contributed by atoms with Crippen LogP contribution in [0.5, 0.6) is 0 Å². The van der Waals surface area contributed by atoms with E-state index < -0.39 is 0 Å². The first kappa shape index (κ1) is 10.5. The molecular formula is C7H13BrOS. The average Bonchev–Trinajstić information content (AvgIpc) is 1.89. The second kappa shape index (κ2) is 7.63. The van der Waals surface area contributed by atoms with Gasteiger partial charge in [0.05, 0.1) is 12.5 Å². The smallest absolute Gasteiger partial charge is 0.0922 e. The van der Waals surface area contributed by atoms with Gasteiger partial charge in [-0.15, -0.1) is 11.8 Å². The molecule has 0 aliphatic carbocycles. The molecule has 0 rings (SSSR count). The average molecular weight is 225 g/mol. The summed E-state index contributed by atoms with van der Waals surface area (Å²) in [4.78, 5) is 0. The Morgan fingerprint density at radius 1 is 1.70 bits per heavy atom. The number of ether oxygens (including phenoxy) is 1. The van der Waals surface area contributed by atoms with Crippen molar-refractivity contribution in [2.45, 2.75) is 6.92 Å². The molecule has 10 heavy (non-hydrogen) atoms. The zero-order valence-electron chi connectivity index (χ0n) is 6.39. The third-order valence-electron chi connectivity index (χ3n) is 0.957. The topological polar surface area (TPSA) is 9.23 Å². The summed E-state index contributed by atoms with van der Waals surface area (Å²) in [6.07, 6.45) is 4.14. The van der Waals surface area contributed by atoms with E-state index in [4.69, 9.17) is 4.74 Å². The molecule has 60 valence electrons. The van der Waals surface area contributed by atoms with E-state index in [9.17, 15) is 0 Å². The van der Waals surface area contributed by atoms with E-state index in [1.54, 1.807) is 11.8 Å². The molecule has 1 nitrogen and oxygen atoms in total. The molecular weight excluding hydrogens is 212 g/mol. The number of thioether (sulfide) groups is 1. The summed E-state index contributed by atoms with van der Waals surface area (Å²) < 4.78 is 5.27. The first-order valence-electron chi connectivity index (χ1n) is 3.09. The summed E-state index contributed by atoms with van der Waals surface area (Å²) in [5, 5.41) is 0.918. The van der Waals surface area contributed by atoms with Crippen LogP contribution in [0, 0.1) is 0 Å². The molecule has 0 aliphatic rings. The number of alkyl halides is 1. The fourth-order valence-corrected chi connectivity index (χ4v) is 1.28. The molecule has 3 heteroatoms. The van der Waals surface area contributed by atoms with Crippen LogP contribution in [0.3, 0.4) is 0 Å². The minimum atomic E-state index is 0.756. The summed E-state index contributed by atoms with van der Waals surface area (Å²) >= 11 is 5.02. The molecule has 0 heterocycles. The van der Waals surface area contributed by atoms with Gasteiger partial charge in [-0.2, -0.15) is 0 Å². The lowest BCUT2D eigenvalue weighted by Gasteiger charge is -2.00. The maximum atomic E-state index is 5.27. The molecule has 0 aromatic carbocycles. The molecule has 0 atom stereocenters. The van der Waals surface area contributed by atoms with Crippen molar-refractivity contribution in [3.63, 3.8) is 0 Å². The molecule has 0 unspecified atom stereocenters. The van der Waals surface area contributed by atoms with Gasteiger partial charge >= 0.3 is 0 Å². The zero-order valence-corrected chi connectivity index (χ0v) is 8.80. The highest BCUT2D eigenvalue weighted by Gasteiger charge is 1.87. The quantitative estimate of drug-likeness (QED) is 0.308. The van der Waals surface area contributed by atoms with Crippen LogP contribution in [0.25, 0.3) is 0 Å². The third-order valence-corrected chi connectivity index (χ3v) is 1.68.